The maximum absolute atomic E-state index is 11.2. The fraction of sp³-hybridized carbons (Fsp3) is 0.682. The quantitative estimate of drug-likeness (QED) is 0.393. The highest BCUT2D eigenvalue weighted by Gasteiger charge is 2.28. The smallest absolute Gasteiger partial charge is 0.319 e. The predicted octanol–water partition coefficient (Wildman–Crippen LogP) is 5.52. The van der Waals surface area contributed by atoms with Crippen LogP contribution in [-0.4, -0.2) is 28.9 Å². The van der Waals surface area contributed by atoms with E-state index in [2.05, 4.69) is 17.4 Å². The number of aliphatic carboxylic acids is 1. The van der Waals surface area contributed by atoms with Gasteiger partial charge in [-0.25, -0.2) is 0 Å². The molecule has 3 nitrogen and oxygen atoms in total. The number of hydrogen-bond donors (Lipinski definition) is 2. The Labute approximate surface area is 163 Å². The van der Waals surface area contributed by atoms with Crippen molar-refractivity contribution >= 4 is 17.7 Å². The lowest BCUT2D eigenvalue weighted by atomic mass is 9.86. The summed E-state index contributed by atoms with van der Waals surface area (Å²) in [5.74, 6) is 0.227. The highest BCUT2D eigenvalue weighted by molar-refractivity contribution is 8.01. The second-order valence-electron chi connectivity index (χ2n) is 8.06. The van der Waals surface area contributed by atoms with Gasteiger partial charge in [0.2, 0.25) is 0 Å². The molecule has 0 atom stereocenters. The molecule has 2 N–H and O–H groups in total. The molecule has 0 radical (unpaired) electrons. The molecule has 1 saturated carbocycles. The highest BCUT2D eigenvalue weighted by atomic mass is 32.2. The molecule has 2 rings (SSSR count). The van der Waals surface area contributed by atoms with Gasteiger partial charge < -0.3 is 10.4 Å². The van der Waals surface area contributed by atoms with Gasteiger partial charge in [-0.3, -0.25) is 4.79 Å². The van der Waals surface area contributed by atoms with Crippen molar-refractivity contribution in [1.29, 1.82) is 0 Å². The van der Waals surface area contributed by atoms with Crippen LogP contribution >= 0.6 is 11.8 Å². The van der Waals surface area contributed by atoms with E-state index in [1.807, 2.05) is 12.1 Å². The van der Waals surface area contributed by atoms with Gasteiger partial charge in [0, 0.05) is 4.90 Å². The average molecular weight is 378 g/mol. The van der Waals surface area contributed by atoms with Gasteiger partial charge >= 0.3 is 5.97 Å². The standard InChI is InChI=1S/C22H35NO2S/c1-22(2,21(24)25)26-20-13-11-19(12-14-20)15-17-23-16-7-6-10-18-8-4-3-5-9-18/h11-14,18,23H,3-10,15-17H2,1-2H3,(H,24,25). The van der Waals surface area contributed by atoms with Crippen LogP contribution in [0.4, 0.5) is 0 Å². The maximum atomic E-state index is 11.2. The van der Waals surface area contributed by atoms with Gasteiger partial charge in [0.1, 0.15) is 4.75 Å². The van der Waals surface area contributed by atoms with Gasteiger partial charge in [-0.2, -0.15) is 0 Å². The first-order valence-corrected chi connectivity index (χ1v) is 11.0. The molecular formula is C22H35NO2S. The van der Waals surface area contributed by atoms with Crippen molar-refractivity contribution in [3.63, 3.8) is 0 Å². The molecule has 26 heavy (non-hydrogen) atoms. The van der Waals surface area contributed by atoms with Crippen LogP contribution in [-0.2, 0) is 11.2 Å². The van der Waals surface area contributed by atoms with E-state index >= 15 is 0 Å². The van der Waals surface area contributed by atoms with Gasteiger partial charge in [0.15, 0.2) is 0 Å². The first kappa shape index (κ1) is 21.3. The third-order valence-corrected chi connectivity index (χ3v) is 6.54. The molecule has 0 spiro atoms. The minimum atomic E-state index is -0.791. The predicted molar refractivity (Wildman–Crippen MR) is 111 cm³/mol. The number of carboxylic acid groups (broad SMARTS) is 1. The summed E-state index contributed by atoms with van der Waals surface area (Å²) in [7, 11) is 0. The van der Waals surface area contributed by atoms with Gasteiger partial charge in [0.05, 0.1) is 0 Å². The lowest BCUT2D eigenvalue weighted by Gasteiger charge is -2.21. The lowest BCUT2D eigenvalue weighted by molar-refractivity contribution is -0.138. The van der Waals surface area contributed by atoms with Crippen LogP contribution < -0.4 is 5.32 Å². The molecule has 1 aliphatic rings. The van der Waals surface area contributed by atoms with Crippen molar-refractivity contribution in [1.82, 2.24) is 5.32 Å². The molecule has 1 aliphatic carbocycles. The first-order valence-electron chi connectivity index (χ1n) is 10.2. The second-order valence-corrected chi connectivity index (χ2v) is 9.76. The van der Waals surface area contributed by atoms with Gasteiger partial charge in [-0.05, 0) is 63.4 Å². The minimum absolute atomic E-state index is 0.778. The van der Waals surface area contributed by atoms with Crippen molar-refractivity contribution < 1.29 is 9.90 Å². The molecule has 0 unspecified atom stereocenters. The third kappa shape index (κ3) is 7.71. The molecule has 0 aromatic heterocycles. The molecule has 0 aliphatic heterocycles. The van der Waals surface area contributed by atoms with Crippen molar-refractivity contribution in [2.75, 3.05) is 13.1 Å². The Morgan fingerprint density at radius 3 is 2.46 bits per heavy atom. The summed E-state index contributed by atoms with van der Waals surface area (Å²) < 4.78 is -0.791. The van der Waals surface area contributed by atoms with Gasteiger partial charge in [0.25, 0.3) is 0 Å². The summed E-state index contributed by atoms with van der Waals surface area (Å²) in [6, 6.07) is 8.31. The Balaban J connectivity index is 1.56. The van der Waals surface area contributed by atoms with E-state index in [0.29, 0.717) is 0 Å². The van der Waals surface area contributed by atoms with E-state index in [-0.39, 0.29) is 0 Å². The van der Waals surface area contributed by atoms with E-state index in [1.165, 1.54) is 68.7 Å². The largest absolute Gasteiger partial charge is 0.480 e. The number of benzene rings is 1. The number of rotatable bonds is 11. The molecule has 0 amide bonds. The molecular weight excluding hydrogens is 342 g/mol. The molecule has 1 aromatic rings. The normalized spacial score (nSPS) is 15.9. The Morgan fingerprint density at radius 1 is 1.12 bits per heavy atom. The van der Waals surface area contributed by atoms with E-state index in [0.717, 1.165) is 30.3 Å². The van der Waals surface area contributed by atoms with E-state index < -0.39 is 10.7 Å². The third-order valence-electron chi connectivity index (χ3n) is 5.34. The van der Waals surface area contributed by atoms with Crippen LogP contribution in [0.2, 0.25) is 0 Å². The fourth-order valence-electron chi connectivity index (χ4n) is 3.58. The Hall–Kier alpha value is -1.00. The zero-order chi connectivity index (χ0) is 18.8. The van der Waals surface area contributed by atoms with Crippen molar-refractivity contribution in [3.05, 3.63) is 29.8 Å². The van der Waals surface area contributed by atoms with Crippen molar-refractivity contribution in [2.24, 2.45) is 5.92 Å². The van der Waals surface area contributed by atoms with Crippen LogP contribution in [0.15, 0.2) is 29.2 Å². The van der Waals surface area contributed by atoms with Crippen LogP contribution in [0.5, 0.6) is 0 Å². The molecule has 0 bridgehead atoms. The van der Waals surface area contributed by atoms with Crippen LogP contribution in [0.25, 0.3) is 0 Å². The summed E-state index contributed by atoms with van der Waals surface area (Å²) in [5.41, 5.74) is 1.30. The molecule has 1 aromatic carbocycles. The van der Waals surface area contributed by atoms with Crippen LogP contribution in [0, 0.1) is 5.92 Å². The van der Waals surface area contributed by atoms with Gasteiger partial charge in [-0.15, -0.1) is 11.8 Å². The van der Waals surface area contributed by atoms with E-state index in [1.54, 1.807) is 13.8 Å². The zero-order valence-electron chi connectivity index (χ0n) is 16.4. The van der Waals surface area contributed by atoms with Crippen LogP contribution in [0.1, 0.15) is 70.8 Å². The van der Waals surface area contributed by atoms with Gasteiger partial charge in [-0.1, -0.05) is 57.1 Å². The van der Waals surface area contributed by atoms with E-state index in [9.17, 15) is 9.90 Å². The average Bonchev–Trinajstić information content (AvgIpc) is 2.63. The molecule has 146 valence electrons. The SMILES string of the molecule is CC(C)(Sc1ccc(CCNCCCCC2CCCCC2)cc1)C(=O)O. The second kappa shape index (κ2) is 11.0. The maximum Gasteiger partial charge on any atom is 0.319 e. The molecule has 0 heterocycles. The summed E-state index contributed by atoms with van der Waals surface area (Å²) >= 11 is 1.40. The number of carboxylic acids is 1. The zero-order valence-corrected chi connectivity index (χ0v) is 17.2. The van der Waals surface area contributed by atoms with E-state index in [4.69, 9.17) is 0 Å². The fourth-order valence-corrected chi connectivity index (χ4v) is 4.53. The molecule has 4 heteroatoms. The van der Waals surface area contributed by atoms with Crippen LogP contribution in [0.3, 0.4) is 0 Å². The highest BCUT2D eigenvalue weighted by Crippen LogP contribution is 2.32. The van der Waals surface area contributed by atoms with Crippen molar-refractivity contribution in [3.8, 4) is 0 Å². The first-order chi connectivity index (χ1) is 12.5. The number of hydrogen-bond acceptors (Lipinski definition) is 3. The molecule has 0 saturated heterocycles. The lowest BCUT2D eigenvalue weighted by Crippen LogP contribution is -2.26. The Morgan fingerprint density at radius 2 is 1.81 bits per heavy atom. The Bertz CT molecular complexity index is 536. The molecule has 1 fully saturated rings. The number of unbranched alkanes of at least 4 members (excludes halogenated alkanes) is 1. The summed E-state index contributed by atoms with van der Waals surface area (Å²) in [6.07, 6.45) is 12.4. The number of thioether (sulfide) groups is 1. The monoisotopic (exact) mass is 377 g/mol. The minimum Gasteiger partial charge on any atom is -0.480 e. The topological polar surface area (TPSA) is 49.3 Å². The Kier molecular flexibility index (Phi) is 9.00. The van der Waals surface area contributed by atoms with Crippen molar-refractivity contribution in [2.45, 2.75) is 81.3 Å². The number of nitrogens with one attached hydrogen (secondary N) is 1. The summed E-state index contributed by atoms with van der Waals surface area (Å²) in [6.45, 7) is 5.61. The summed E-state index contributed by atoms with van der Waals surface area (Å²) in [5, 5.41) is 12.8. The summed E-state index contributed by atoms with van der Waals surface area (Å²) in [4.78, 5) is 12.2. The number of carbonyl (C=O) groups is 1.